The van der Waals surface area contributed by atoms with E-state index in [1.54, 1.807) is 0 Å². The number of nitrogens with one attached hydrogen (secondary N) is 1. The summed E-state index contributed by atoms with van der Waals surface area (Å²) >= 11 is 1.85. The van der Waals surface area contributed by atoms with E-state index >= 15 is 0 Å². The smallest absolute Gasteiger partial charge is 0.108 e. The van der Waals surface area contributed by atoms with Crippen LogP contribution >= 0.6 is 11.3 Å². The lowest BCUT2D eigenvalue weighted by Gasteiger charge is -2.39. The number of nitrogens with zero attached hydrogens (tertiary/aromatic N) is 2. The summed E-state index contributed by atoms with van der Waals surface area (Å²) < 4.78 is 1.31. The first-order valence-corrected chi connectivity index (χ1v) is 8.43. The Labute approximate surface area is 124 Å². The molecule has 1 N–H and O–H groups in total. The number of hydrogen-bond donors (Lipinski definition) is 1. The van der Waals surface area contributed by atoms with Crippen LogP contribution in [0.2, 0.25) is 0 Å². The highest BCUT2D eigenvalue weighted by atomic mass is 32.1. The Kier molecular flexibility index (Phi) is 3.25. The SMILES string of the molecule is CC1CN(Cc2nc3ccccc3s2)C(C2CC2)CN1. The van der Waals surface area contributed by atoms with Gasteiger partial charge in [0.15, 0.2) is 0 Å². The summed E-state index contributed by atoms with van der Waals surface area (Å²) in [5.41, 5.74) is 1.15. The van der Waals surface area contributed by atoms with Gasteiger partial charge in [-0.25, -0.2) is 4.98 Å². The molecule has 0 radical (unpaired) electrons. The van der Waals surface area contributed by atoms with Crippen LogP contribution in [0.3, 0.4) is 0 Å². The zero-order valence-corrected chi connectivity index (χ0v) is 12.7. The predicted molar refractivity (Wildman–Crippen MR) is 84.0 cm³/mol. The average molecular weight is 287 g/mol. The van der Waals surface area contributed by atoms with Crippen molar-refractivity contribution in [1.82, 2.24) is 15.2 Å². The largest absolute Gasteiger partial charge is 0.311 e. The van der Waals surface area contributed by atoms with Crippen LogP contribution < -0.4 is 5.32 Å². The molecular weight excluding hydrogens is 266 g/mol. The Morgan fingerprint density at radius 3 is 3.00 bits per heavy atom. The van der Waals surface area contributed by atoms with Crippen LogP contribution in [0.25, 0.3) is 10.2 Å². The van der Waals surface area contributed by atoms with Crippen molar-refractivity contribution in [2.24, 2.45) is 5.92 Å². The minimum Gasteiger partial charge on any atom is -0.311 e. The van der Waals surface area contributed by atoms with E-state index in [1.165, 1.54) is 22.5 Å². The Balaban J connectivity index is 1.55. The molecule has 1 aromatic heterocycles. The van der Waals surface area contributed by atoms with Gasteiger partial charge >= 0.3 is 0 Å². The zero-order valence-electron chi connectivity index (χ0n) is 11.9. The van der Waals surface area contributed by atoms with E-state index in [0.29, 0.717) is 6.04 Å². The molecule has 1 saturated carbocycles. The van der Waals surface area contributed by atoms with Crippen molar-refractivity contribution in [3.63, 3.8) is 0 Å². The molecule has 20 heavy (non-hydrogen) atoms. The topological polar surface area (TPSA) is 28.2 Å². The summed E-state index contributed by atoms with van der Waals surface area (Å²) in [7, 11) is 0. The lowest BCUT2D eigenvalue weighted by atomic mass is 10.1. The first kappa shape index (κ1) is 12.7. The van der Waals surface area contributed by atoms with Gasteiger partial charge in [0.05, 0.1) is 16.8 Å². The summed E-state index contributed by atoms with van der Waals surface area (Å²) in [5, 5.41) is 4.91. The van der Waals surface area contributed by atoms with Crippen LogP contribution in [-0.4, -0.2) is 35.1 Å². The molecule has 2 aliphatic rings. The van der Waals surface area contributed by atoms with E-state index in [9.17, 15) is 0 Å². The van der Waals surface area contributed by atoms with Gasteiger partial charge in [-0.1, -0.05) is 12.1 Å². The van der Waals surface area contributed by atoms with E-state index < -0.39 is 0 Å². The first-order valence-electron chi connectivity index (χ1n) is 7.61. The molecule has 4 heteroatoms. The quantitative estimate of drug-likeness (QED) is 0.941. The van der Waals surface area contributed by atoms with Crippen LogP contribution in [0.15, 0.2) is 24.3 Å². The molecule has 2 atom stereocenters. The van der Waals surface area contributed by atoms with Gasteiger partial charge in [0.1, 0.15) is 5.01 Å². The van der Waals surface area contributed by atoms with Crippen molar-refractivity contribution >= 4 is 21.6 Å². The number of hydrogen-bond acceptors (Lipinski definition) is 4. The molecule has 0 amide bonds. The van der Waals surface area contributed by atoms with Gasteiger partial charge in [0.2, 0.25) is 0 Å². The minimum absolute atomic E-state index is 0.597. The second-order valence-corrected chi connectivity index (χ2v) is 7.33. The van der Waals surface area contributed by atoms with E-state index in [2.05, 4.69) is 41.4 Å². The monoisotopic (exact) mass is 287 g/mol. The van der Waals surface area contributed by atoms with Crippen molar-refractivity contribution in [2.45, 2.75) is 38.4 Å². The fraction of sp³-hybridized carbons (Fsp3) is 0.562. The molecule has 4 rings (SSSR count). The van der Waals surface area contributed by atoms with Gasteiger partial charge < -0.3 is 5.32 Å². The number of rotatable bonds is 3. The number of fused-ring (bicyclic) bond motifs is 1. The maximum atomic E-state index is 4.80. The van der Waals surface area contributed by atoms with Crippen LogP contribution in [0.5, 0.6) is 0 Å². The van der Waals surface area contributed by atoms with Crippen molar-refractivity contribution in [1.29, 1.82) is 0 Å². The van der Waals surface area contributed by atoms with Gasteiger partial charge in [0.25, 0.3) is 0 Å². The van der Waals surface area contributed by atoms with Crippen molar-refractivity contribution < 1.29 is 0 Å². The number of para-hydroxylation sites is 1. The standard InChI is InChI=1S/C16H21N3S/c1-11-9-19(14(8-17-11)12-6-7-12)10-16-18-13-4-2-3-5-15(13)20-16/h2-5,11-12,14,17H,6-10H2,1H3. The summed E-state index contributed by atoms with van der Waals surface area (Å²) in [6, 6.07) is 9.79. The molecule has 2 unspecified atom stereocenters. The number of aromatic nitrogens is 1. The van der Waals surface area contributed by atoms with Gasteiger partial charge in [-0.15, -0.1) is 11.3 Å². The summed E-state index contributed by atoms with van der Waals surface area (Å²) in [6.45, 7) is 5.61. The van der Waals surface area contributed by atoms with Crippen molar-refractivity contribution in [3.8, 4) is 0 Å². The third kappa shape index (κ3) is 2.48. The zero-order chi connectivity index (χ0) is 13.5. The van der Waals surface area contributed by atoms with E-state index in [4.69, 9.17) is 4.98 Å². The molecule has 3 nitrogen and oxygen atoms in total. The van der Waals surface area contributed by atoms with Gasteiger partial charge in [-0.3, -0.25) is 4.90 Å². The molecule has 0 bridgehead atoms. The normalized spacial score (nSPS) is 28.1. The van der Waals surface area contributed by atoms with E-state index in [1.807, 2.05) is 11.3 Å². The van der Waals surface area contributed by atoms with Crippen LogP contribution in [0.4, 0.5) is 0 Å². The Morgan fingerprint density at radius 1 is 1.35 bits per heavy atom. The van der Waals surface area contributed by atoms with Crippen molar-refractivity contribution in [3.05, 3.63) is 29.3 Å². The van der Waals surface area contributed by atoms with Crippen molar-refractivity contribution in [2.75, 3.05) is 13.1 Å². The Hall–Kier alpha value is -0.970. The van der Waals surface area contributed by atoms with Gasteiger partial charge in [0, 0.05) is 25.2 Å². The second kappa shape index (κ2) is 5.10. The maximum Gasteiger partial charge on any atom is 0.108 e. The van der Waals surface area contributed by atoms with Crippen LogP contribution in [0, 0.1) is 5.92 Å². The molecule has 2 heterocycles. The third-order valence-electron chi connectivity index (χ3n) is 4.50. The third-order valence-corrected chi connectivity index (χ3v) is 5.52. The predicted octanol–water partition coefficient (Wildman–Crippen LogP) is 2.87. The van der Waals surface area contributed by atoms with E-state index in [-0.39, 0.29) is 0 Å². The lowest BCUT2D eigenvalue weighted by Crippen LogP contribution is -2.55. The molecule has 1 aliphatic heterocycles. The first-order chi connectivity index (χ1) is 9.79. The molecule has 2 fully saturated rings. The number of benzene rings is 1. The highest BCUT2D eigenvalue weighted by Gasteiger charge is 2.38. The minimum atomic E-state index is 0.597. The average Bonchev–Trinajstić information content (AvgIpc) is 3.18. The Bertz CT molecular complexity index is 572. The summed E-state index contributed by atoms with van der Waals surface area (Å²) in [6.07, 6.45) is 2.83. The fourth-order valence-corrected chi connectivity index (χ4v) is 4.28. The second-order valence-electron chi connectivity index (χ2n) is 6.22. The lowest BCUT2D eigenvalue weighted by molar-refractivity contribution is 0.112. The molecule has 1 saturated heterocycles. The van der Waals surface area contributed by atoms with Crippen LogP contribution in [0.1, 0.15) is 24.8 Å². The summed E-state index contributed by atoms with van der Waals surface area (Å²) in [4.78, 5) is 7.47. The van der Waals surface area contributed by atoms with Crippen LogP contribution in [-0.2, 0) is 6.54 Å². The highest BCUT2D eigenvalue weighted by molar-refractivity contribution is 7.18. The fourth-order valence-electron chi connectivity index (χ4n) is 3.29. The highest BCUT2D eigenvalue weighted by Crippen LogP contribution is 2.37. The number of piperazine rings is 1. The maximum absolute atomic E-state index is 4.80. The molecule has 2 aromatic rings. The van der Waals surface area contributed by atoms with E-state index in [0.717, 1.165) is 37.1 Å². The van der Waals surface area contributed by atoms with Gasteiger partial charge in [-0.05, 0) is 37.8 Å². The molecule has 0 spiro atoms. The Morgan fingerprint density at radius 2 is 2.20 bits per heavy atom. The summed E-state index contributed by atoms with van der Waals surface area (Å²) in [5.74, 6) is 0.921. The molecule has 1 aliphatic carbocycles. The van der Waals surface area contributed by atoms with Gasteiger partial charge in [-0.2, -0.15) is 0 Å². The molecular formula is C16H21N3S. The molecule has 106 valence electrons. The molecule has 1 aromatic carbocycles. The number of thiazole rings is 1.